The van der Waals surface area contributed by atoms with Gasteiger partial charge in [0, 0.05) is 18.2 Å². The lowest BCUT2D eigenvalue weighted by Crippen LogP contribution is -2.52. The Kier molecular flexibility index (Phi) is 7.46. The van der Waals surface area contributed by atoms with E-state index < -0.39 is 12.0 Å². The Labute approximate surface area is 172 Å². The minimum absolute atomic E-state index is 0.202. The Hall–Kier alpha value is -2.16. The summed E-state index contributed by atoms with van der Waals surface area (Å²) in [7, 11) is 2.15. The number of likely N-dealkylation sites (tertiary alicyclic amines) is 2. The summed E-state index contributed by atoms with van der Waals surface area (Å²) in [6, 6.07) is 6.76. The highest BCUT2D eigenvalue weighted by molar-refractivity contribution is 5.94. The lowest BCUT2D eigenvalue weighted by molar-refractivity contribution is -0.119. The van der Waals surface area contributed by atoms with Crippen LogP contribution in [0.3, 0.4) is 0 Å². The maximum atomic E-state index is 12.7. The number of aliphatic hydroxyl groups excluding tert-OH is 1. The molecule has 1 aromatic rings. The van der Waals surface area contributed by atoms with Gasteiger partial charge in [0.15, 0.2) is 6.61 Å². The van der Waals surface area contributed by atoms with Crippen molar-refractivity contribution in [3.8, 4) is 5.75 Å². The molecule has 3 rings (SSSR count). The van der Waals surface area contributed by atoms with E-state index >= 15 is 0 Å². The topological polar surface area (TPSA) is 108 Å². The van der Waals surface area contributed by atoms with Gasteiger partial charge in [-0.3, -0.25) is 14.5 Å². The summed E-state index contributed by atoms with van der Waals surface area (Å²) in [4.78, 5) is 28.3. The number of nitrogens with zero attached hydrogens (tertiary/aromatic N) is 2. The number of benzene rings is 1. The summed E-state index contributed by atoms with van der Waals surface area (Å²) in [6.45, 7) is 3.60. The van der Waals surface area contributed by atoms with Gasteiger partial charge in [-0.2, -0.15) is 0 Å². The first-order valence-electron chi connectivity index (χ1n) is 10.3. The molecule has 0 saturated carbocycles. The number of hydrogen-bond donors (Lipinski definition) is 3. The van der Waals surface area contributed by atoms with Crippen molar-refractivity contribution < 1.29 is 19.4 Å². The van der Waals surface area contributed by atoms with Gasteiger partial charge >= 0.3 is 0 Å². The number of primary amides is 1. The molecule has 0 aromatic heterocycles. The van der Waals surface area contributed by atoms with E-state index in [-0.39, 0.29) is 18.6 Å². The normalized spacial score (nSPS) is 24.6. The van der Waals surface area contributed by atoms with Crippen LogP contribution >= 0.6 is 0 Å². The zero-order valence-corrected chi connectivity index (χ0v) is 17.0. The molecule has 2 heterocycles. The molecule has 29 heavy (non-hydrogen) atoms. The van der Waals surface area contributed by atoms with Gasteiger partial charge in [0.25, 0.3) is 11.8 Å². The summed E-state index contributed by atoms with van der Waals surface area (Å²) >= 11 is 0. The highest BCUT2D eigenvalue weighted by Crippen LogP contribution is 2.21. The molecule has 2 saturated heterocycles. The Morgan fingerprint density at radius 3 is 2.52 bits per heavy atom. The van der Waals surface area contributed by atoms with Gasteiger partial charge in [-0.25, -0.2) is 0 Å². The van der Waals surface area contributed by atoms with E-state index in [4.69, 9.17) is 10.5 Å². The fourth-order valence-corrected chi connectivity index (χ4v) is 4.11. The van der Waals surface area contributed by atoms with Crippen molar-refractivity contribution in [2.75, 3.05) is 39.8 Å². The molecule has 2 fully saturated rings. The highest BCUT2D eigenvalue weighted by atomic mass is 16.5. The van der Waals surface area contributed by atoms with Gasteiger partial charge in [0.05, 0.1) is 12.1 Å². The van der Waals surface area contributed by atoms with E-state index in [2.05, 4.69) is 22.2 Å². The van der Waals surface area contributed by atoms with Crippen molar-refractivity contribution in [2.45, 2.75) is 43.9 Å². The van der Waals surface area contributed by atoms with Crippen LogP contribution in [-0.4, -0.2) is 84.7 Å². The standard InChI is InChI=1S/C21H32N4O4/c1-24-11-8-16(9-12-24)25-10-2-3-19(26)18(13-25)23-21(28)15-4-6-17(7-5-15)29-14-20(22)27/h4-7,16,18-19,26H,2-3,8-14H2,1H3,(H2,22,27)(H,23,28)/t18-,19-/m1/s1. The third-order valence-electron chi connectivity index (χ3n) is 5.86. The first-order valence-corrected chi connectivity index (χ1v) is 10.3. The van der Waals surface area contributed by atoms with E-state index in [1.165, 1.54) is 0 Å². The summed E-state index contributed by atoms with van der Waals surface area (Å²) in [6.07, 6.45) is 3.33. The quantitative estimate of drug-likeness (QED) is 0.625. The van der Waals surface area contributed by atoms with Crippen molar-refractivity contribution in [1.29, 1.82) is 0 Å². The van der Waals surface area contributed by atoms with Crippen LogP contribution in [0.5, 0.6) is 5.75 Å². The molecule has 0 aliphatic carbocycles. The lowest BCUT2D eigenvalue weighted by atomic mass is 10.0. The first-order chi connectivity index (χ1) is 13.9. The van der Waals surface area contributed by atoms with Crippen molar-refractivity contribution in [3.63, 3.8) is 0 Å². The van der Waals surface area contributed by atoms with Gasteiger partial charge in [0.2, 0.25) is 0 Å². The number of nitrogens with two attached hydrogens (primary N) is 1. The number of carbonyl (C=O) groups excluding carboxylic acids is 2. The largest absolute Gasteiger partial charge is 0.484 e. The molecular weight excluding hydrogens is 372 g/mol. The second-order valence-electron chi connectivity index (χ2n) is 8.10. The minimum Gasteiger partial charge on any atom is -0.484 e. The molecule has 0 unspecified atom stereocenters. The van der Waals surface area contributed by atoms with Gasteiger partial charge in [-0.15, -0.1) is 0 Å². The predicted molar refractivity (Wildman–Crippen MR) is 110 cm³/mol. The third kappa shape index (κ3) is 6.16. The van der Waals surface area contributed by atoms with Crippen molar-refractivity contribution >= 4 is 11.8 Å². The average Bonchev–Trinajstić information content (AvgIpc) is 2.89. The van der Waals surface area contributed by atoms with Crippen LogP contribution in [-0.2, 0) is 4.79 Å². The summed E-state index contributed by atoms with van der Waals surface area (Å²) in [5.74, 6) is -0.299. The monoisotopic (exact) mass is 404 g/mol. The van der Waals surface area contributed by atoms with Gasteiger partial charge in [-0.05, 0) is 76.6 Å². The highest BCUT2D eigenvalue weighted by Gasteiger charge is 2.31. The number of carbonyl (C=O) groups is 2. The molecule has 2 atom stereocenters. The van der Waals surface area contributed by atoms with Crippen molar-refractivity contribution in [1.82, 2.24) is 15.1 Å². The number of nitrogens with one attached hydrogen (secondary N) is 1. The van der Waals surface area contributed by atoms with E-state index in [1.807, 2.05) is 0 Å². The zero-order valence-electron chi connectivity index (χ0n) is 17.0. The molecular formula is C21H32N4O4. The smallest absolute Gasteiger partial charge is 0.255 e. The maximum Gasteiger partial charge on any atom is 0.255 e. The minimum atomic E-state index is -0.552. The summed E-state index contributed by atoms with van der Waals surface area (Å²) < 4.78 is 5.22. The Bertz CT molecular complexity index is 688. The summed E-state index contributed by atoms with van der Waals surface area (Å²) in [5.41, 5.74) is 5.55. The number of piperidine rings is 1. The Morgan fingerprint density at radius 2 is 1.86 bits per heavy atom. The van der Waals surface area contributed by atoms with E-state index in [0.29, 0.717) is 30.3 Å². The van der Waals surface area contributed by atoms with Crippen LogP contribution in [0.1, 0.15) is 36.0 Å². The lowest BCUT2D eigenvalue weighted by Gasteiger charge is -2.38. The van der Waals surface area contributed by atoms with Crippen molar-refractivity contribution in [3.05, 3.63) is 29.8 Å². The van der Waals surface area contributed by atoms with Crippen molar-refractivity contribution in [2.24, 2.45) is 5.73 Å². The van der Waals surface area contributed by atoms with Crippen LogP contribution < -0.4 is 15.8 Å². The number of ether oxygens (including phenoxy) is 1. The molecule has 0 bridgehead atoms. The molecule has 2 aliphatic rings. The Balaban J connectivity index is 1.59. The molecule has 4 N–H and O–H groups in total. The SMILES string of the molecule is CN1CCC(N2CCC[C@@H](O)[C@H](NC(=O)c3ccc(OCC(N)=O)cc3)C2)CC1. The van der Waals surface area contributed by atoms with E-state index in [9.17, 15) is 14.7 Å². The average molecular weight is 405 g/mol. The fraction of sp³-hybridized carbons (Fsp3) is 0.619. The molecule has 160 valence electrons. The van der Waals surface area contributed by atoms with Gasteiger partial charge in [-0.1, -0.05) is 0 Å². The Morgan fingerprint density at radius 1 is 1.17 bits per heavy atom. The van der Waals surface area contributed by atoms with Crippen LogP contribution in [0.25, 0.3) is 0 Å². The third-order valence-corrected chi connectivity index (χ3v) is 5.86. The molecule has 0 spiro atoms. The van der Waals surface area contributed by atoms with Gasteiger partial charge < -0.3 is 25.8 Å². The molecule has 2 aliphatic heterocycles. The second kappa shape index (κ2) is 10.0. The molecule has 8 heteroatoms. The summed E-state index contributed by atoms with van der Waals surface area (Å²) in [5, 5.41) is 13.6. The number of aliphatic hydroxyl groups is 1. The first kappa shape index (κ1) is 21.5. The zero-order chi connectivity index (χ0) is 20.8. The fourth-order valence-electron chi connectivity index (χ4n) is 4.11. The number of amides is 2. The van der Waals surface area contributed by atoms with Crippen LogP contribution in [0.4, 0.5) is 0 Å². The number of rotatable bonds is 6. The molecule has 8 nitrogen and oxygen atoms in total. The van der Waals surface area contributed by atoms with Gasteiger partial charge in [0.1, 0.15) is 5.75 Å². The predicted octanol–water partition coefficient (Wildman–Crippen LogP) is 0.200. The number of hydrogen-bond acceptors (Lipinski definition) is 6. The van der Waals surface area contributed by atoms with Crippen LogP contribution in [0, 0.1) is 0 Å². The van der Waals surface area contributed by atoms with E-state index in [0.717, 1.165) is 38.9 Å². The van der Waals surface area contributed by atoms with E-state index in [1.54, 1.807) is 24.3 Å². The second-order valence-corrected chi connectivity index (χ2v) is 8.10. The molecule has 1 aromatic carbocycles. The maximum absolute atomic E-state index is 12.7. The molecule has 2 amide bonds. The molecule has 0 radical (unpaired) electrons. The van der Waals surface area contributed by atoms with Crippen LogP contribution in [0.2, 0.25) is 0 Å². The van der Waals surface area contributed by atoms with Crippen LogP contribution in [0.15, 0.2) is 24.3 Å².